The summed E-state index contributed by atoms with van der Waals surface area (Å²) in [5.74, 6) is 8.23. The van der Waals surface area contributed by atoms with Crippen LogP contribution in [-0.4, -0.2) is 64.0 Å². The first-order chi connectivity index (χ1) is 24.3. The van der Waals surface area contributed by atoms with E-state index >= 15 is 0 Å². The molecule has 1 aromatic heterocycles. The fourth-order valence-electron chi connectivity index (χ4n) is 7.37. The zero-order valence-electron chi connectivity index (χ0n) is 28.4. The van der Waals surface area contributed by atoms with Crippen molar-refractivity contribution in [2.24, 2.45) is 27.8 Å². The second kappa shape index (κ2) is 15.9. The van der Waals surface area contributed by atoms with Gasteiger partial charge in [-0.05, 0) is 110 Å². The van der Waals surface area contributed by atoms with E-state index in [2.05, 4.69) is 35.4 Å². The Hall–Kier alpha value is -4.67. The maximum absolute atomic E-state index is 12.9. The van der Waals surface area contributed by atoms with E-state index in [1.807, 2.05) is 83.8 Å². The van der Waals surface area contributed by atoms with Crippen LogP contribution in [0.1, 0.15) is 44.1 Å². The van der Waals surface area contributed by atoms with Crippen molar-refractivity contribution in [2.75, 3.05) is 20.2 Å². The number of nitrogens with zero attached hydrogens (tertiary/aromatic N) is 4. The summed E-state index contributed by atoms with van der Waals surface area (Å²) in [6, 6.07) is 25.5. The Labute approximate surface area is 299 Å². The minimum absolute atomic E-state index is 0.0737. The Balaban J connectivity index is 1.25. The number of rotatable bonds is 12. The molecule has 3 unspecified atom stereocenters. The zero-order valence-corrected chi connectivity index (χ0v) is 29.3. The lowest BCUT2D eigenvalue weighted by atomic mass is 9.79. The number of carbonyl (C=O) groups is 1. The van der Waals surface area contributed by atoms with Crippen molar-refractivity contribution in [1.29, 1.82) is 0 Å². The molecule has 2 aliphatic rings. The molecule has 1 amide bonds. The van der Waals surface area contributed by atoms with Gasteiger partial charge in [0, 0.05) is 36.3 Å². The van der Waals surface area contributed by atoms with Crippen molar-refractivity contribution >= 4 is 40.7 Å². The van der Waals surface area contributed by atoms with Crippen molar-refractivity contribution in [3.63, 3.8) is 0 Å². The number of aromatic nitrogens is 1. The van der Waals surface area contributed by atoms with Gasteiger partial charge in [0.2, 0.25) is 0 Å². The minimum Gasteiger partial charge on any atom is -0.497 e. The Kier molecular flexibility index (Phi) is 11.2. The van der Waals surface area contributed by atoms with E-state index in [1.54, 1.807) is 13.3 Å². The summed E-state index contributed by atoms with van der Waals surface area (Å²) in [5.41, 5.74) is 3.14. The first-order valence-electron chi connectivity index (χ1n) is 17.2. The molecule has 3 N–H and O–H groups in total. The van der Waals surface area contributed by atoms with E-state index < -0.39 is 5.60 Å². The molecular formula is C40H45N5O4S. The highest BCUT2D eigenvalue weighted by Crippen LogP contribution is 2.36. The summed E-state index contributed by atoms with van der Waals surface area (Å²) < 4.78 is 11.6. The molecule has 4 aromatic rings. The van der Waals surface area contributed by atoms with Crippen LogP contribution in [0.25, 0.3) is 22.2 Å². The van der Waals surface area contributed by atoms with Crippen LogP contribution in [0.3, 0.4) is 0 Å². The number of hydrazone groups is 1. The molecule has 1 saturated carbocycles. The van der Waals surface area contributed by atoms with E-state index in [0.717, 1.165) is 70.7 Å². The standard InChI is InChI=1S/C40H45N5O4S/c1-3-27(25-42-26-38(44-41)40(47)18-7-8-19-40)29-17-20-45(39(46)50)31(21-29)22-30-23-37(43-36-16-15-34(48-2)24-35(30)36)28-11-13-33(14-12-28)49-32-9-5-4-6-10-32/h3-6,9-16,23-24,26-27,29,31,47H,1,7-8,17-22,25,41H2,2H3,(H,46,50)/b42-26?,44-38+. The molecule has 1 aliphatic carbocycles. The molecule has 1 saturated heterocycles. The highest BCUT2D eigenvalue weighted by atomic mass is 32.1. The summed E-state index contributed by atoms with van der Waals surface area (Å²) in [4.78, 5) is 24.4. The molecule has 50 heavy (non-hydrogen) atoms. The zero-order chi connectivity index (χ0) is 35.1. The SMILES string of the molecule is C=CC(CN=C/C(=N\N)C1(O)CCCC1)C1CCN(C(=O)S)C(Cc2cc(-c3ccc(Oc4ccccc4)cc3)nc3ccc(OC)cc23)C1. The lowest BCUT2D eigenvalue weighted by Crippen LogP contribution is -2.46. The number of nitrogens with two attached hydrogens (primary N) is 1. The first kappa shape index (κ1) is 35.2. The largest absolute Gasteiger partial charge is 0.497 e. The molecule has 260 valence electrons. The molecule has 3 atom stereocenters. The van der Waals surface area contributed by atoms with E-state index in [1.165, 1.54) is 0 Å². The molecule has 6 rings (SSSR count). The predicted molar refractivity (Wildman–Crippen MR) is 204 cm³/mol. The van der Waals surface area contributed by atoms with Gasteiger partial charge in [-0.1, -0.05) is 49.7 Å². The van der Waals surface area contributed by atoms with Gasteiger partial charge in [0.25, 0.3) is 5.24 Å². The van der Waals surface area contributed by atoms with Crippen LogP contribution in [0.2, 0.25) is 0 Å². The third-order valence-corrected chi connectivity index (χ3v) is 10.4. The summed E-state index contributed by atoms with van der Waals surface area (Å²) >= 11 is 4.29. The topological polar surface area (TPSA) is 123 Å². The average Bonchev–Trinajstić information content (AvgIpc) is 3.59. The number of hydrogen-bond acceptors (Lipinski definition) is 8. The number of piperidine rings is 1. The van der Waals surface area contributed by atoms with Gasteiger partial charge >= 0.3 is 0 Å². The average molecular weight is 692 g/mol. The van der Waals surface area contributed by atoms with Crippen LogP contribution in [-0.2, 0) is 6.42 Å². The quantitative estimate of drug-likeness (QED) is 0.0457. The number of hydrogen-bond donors (Lipinski definition) is 3. The van der Waals surface area contributed by atoms with Gasteiger partial charge in [-0.25, -0.2) is 4.98 Å². The molecular weight excluding hydrogens is 647 g/mol. The van der Waals surface area contributed by atoms with Crippen LogP contribution in [0.4, 0.5) is 4.79 Å². The van der Waals surface area contributed by atoms with Crippen LogP contribution in [0, 0.1) is 11.8 Å². The predicted octanol–water partition coefficient (Wildman–Crippen LogP) is 7.87. The molecule has 2 fully saturated rings. The number of fused-ring (bicyclic) bond motifs is 1. The molecule has 9 nitrogen and oxygen atoms in total. The fraction of sp³-hybridized carbons (Fsp3) is 0.350. The molecule has 1 aliphatic heterocycles. The number of benzene rings is 3. The van der Waals surface area contributed by atoms with E-state index in [-0.39, 0.29) is 23.1 Å². The van der Waals surface area contributed by atoms with Crippen LogP contribution < -0.4 is 15.3 Å². The fourth-order valence-corrected chi connectivity index (χ4v) is 7.64. The third kappa shape index (κ3) is 8.03. The lowest BCUT2D eigenvalue weighted by molar-refractivity contribution is 0.122. The number of thiol groups is 1. The number of carbonyl (C=O) groups excluding carboxylic acids is 1. The highest BCUT2D eigenvalue weighted by molar-refractivity contribution is 7.96. The monoisotopic (exact) mass is 691 g/mol. The second-order valence-electron chi connectivity index (χ2n) is 13.3. The summed E-state index contributed by atoms with van der Waals surface area (Å²) in [6.45, 7) is 5.22. The van der Waals surface area contributed by atoms with E-state index in [4.69, 9.17) is 20.3 Å². The van der Waals surface area contributed by atoms with Gasteiger partial charge in [-0.2, -0.15) is 5.10 Å². The molecule has 3 aromatic carbocycles. The van der Waals surface area contributed by atoms with Crippen molar-refractivity contribution in [3.05, 3.63) is 97.1 Å². The normalized spacial score (nSPS) is 19.8. The van der Waals surface area contributed by atoms with Gasteiger partial charge in [0.05, 0.1) is 18.3 Å². The summed E-state index contributed by atoms with van der Waals surface area (Å²) in [7, 11) is 1.66. The molecule has 0 radical (unpaired) electrons. The molecule has 0 spiro atoms. The van der Waals surface area contributed by atoms with Crippen LogP contribution in [0.15, 0.2) is 102 Å². The number of amides is 1. The van der Waals surface area contributed by atoms with Crippen molar-refractivity contribution in [2.45, 2.75) is 56.6 Å². The maximum Gasteiger partial charge on any atom is 0.278 e. The molecule has 10 heteroatoms. The number of pyridine rings is 1. The van der Waals surface area contributed by atoms with Crippen LogP contribution in [0.5, 0.6) is 17.2 Å². The van der Waals surface area contributed by atoms with Crippen LogP contribution >= 0.6 is 12.6 Å². The third-order valence-electron chi connectivity index (χ3n) is 10.2. The number of para-hydroxylation sites is 1. The molecule has 0 bridgehead atoms. The van der Waals surface area contributed by atoms with Gasteiger partial charge in [0.15, 0.2) is 0 Å². The smallest absolute Gasteiger partial charge is 0.278 e. The van der Waals surface area contributed by atoms with Crippen molar-refractivity contribution in [3.8, 4) is 28.5 Å². The summed E-state index contributed by atoms with van der Waals surface area (Å²) in [6.07, 6.45) is 8.94. The Morgan fingerprint density at radius 3 is 2.50 bits per heavy atom. The maximum atomic E-state index is 12.9. The number of ether oxygens (including phenoxy) is 2. The number of aliphatic imine (C=N–C) groups is 1. The van der Waals surface area contributed by atoms with E-state index in [0.29, 0.717) is 38.1 Å². The molecule has 2 heterocycles. The lowest BCUT2D eigenvalue weighted by Gasteiger charge is -2.41. The van der Waals surface area contributed by atoms with Gasteiger partial charge < -0.3 is 25.3 Å². The Bertz CT molecular complexity index is 1860. The number of likely N-dealkylation sites (tertiary alicyclic amines) is 1. The number of aliphatic hydroxyl groups is 1. The second-order valence-corrected chi connectivity index (χ2v) is 13.6. The Morgan fingerprint density at radius 1 is 1.10 bits per heavy atom. The number of methoxy groups -OCH3 is 1. The van der Waals surface area contributed by atoms with E-state index in [9.17, 15) is 9.90 Å². The minimum atomic E-state index is -1.00. The van der Waals surface area contributed by atoms with Gasteiger partial charge in [-0.15, -0.1) is 6.58 Å². The highest BCUT2D eigenvalue weighted by Gasteiger charge is 2.37. The first-order valence-corrected chi connectivity index (χ1v) is 17.7. The van der Waals surface area contributed by atoms with Crippen molar-refractivity contribution in [1.82, 2.24) is 9.88 Å². The van der Waals surface area contributed by atoms with Gasteiger partial charge in [0.1, 0.15) is 28.6 Å². The Morgan fingerprint density at radius 2 is 1.82 bits per heavy atom. The van der Waals surface area contributed by atoms with Crippen molar-refractivity contribution < 1.29 is 19.4 Å². The van der Waals surface area contributed by atoms with Gasteiger partial charge in [-0.3, -0.25) is 9.79 Å². The summed E-state index contributed by atoms with van der Waals surface area (Å²) in [5, 5.41) is 15.6.